The minimum atomic E-state index is -0.193. The molecule has 0 unspecified atom stereocenters. The summed E-state index contributed by atoms with van der Waals surface area (Å²) in [7, 11) is 0. The van der Waals surface area contributed by atoms with E-state index >= 15 is 0 Å². The number of aryl methyl sites for hydroxylation is 1. The van der Waals surface area contributed by atoms with Crippen molar-refractivity contribution in [1.29, 1.82) is 0 Å². The lowest BCUT2D eigenvalue weighted by atomic mass is 9.92. The molecule has 1 N–H and O–H groups in total. The van der Waals surface area contributed by atoms with Gasteiger partial charge in [-0.25, -0.2) is 4.39 Å². The maximum Gasteiger partial charge on any atom is 0.178 e. The quantitative estimate of drug-likeness (QED) is 0.584. The lowest BCUT2D eigenvalue weighted by molar-refractivity contribution is 0.352. The van der Waals surface area contributed by atoms with Crippen LogP contribution in [0.5, 0.6) is 0 Å². The molecule has 0 spiro atoms. The molecule has 0 saturated carbocycles. The molecule has 0 saturated heterocycles. The van der Waals surface area contributed by atoms with E-state index in [9.17, 15) is 4.39 Å². The number of aromatic nitrogens is 2. The van der Waals surface area contributed by atoms with E-state index < -0.39 is 0 Å². The molecule has 0 aliphatic carbocycles. The largest absolute Gasteiger partial charge is 0.331 e. The number of nitrogens with one attached hydrogen (secondary N) is 1. The fraction of sp³-hybridized carbons (Fsp3) is 0.462. The van der Waals surface area contributed by atoms with Gasteiger partial charge in [0.15, 0.2) is 4.77 Å². The van der Waals surface area contributed by atoms with Crippen LogP contribution in [0.4, 0.5) is 4.39 Å². The number of hydrogen-bond donors (Lipinski definition) is 1. The Hall–Kier alpha value is -0.430. The van der Waals surface area contributed by atoms with E-state index in [0.717, 1.165) is 24.0 Å². The summed E-state index contributed by atoms with van der Waals surface area (Å²) in [5, 5.41) is 0. The first-order valence-electron chi connectivity index (χ1n) is 5.85. The second kappa shape index (κ2) is 4.92. The normalized spacial score (nSPS) is 12.3. The molecule has 0 bridgehead atoms. The Labute approximate surface area is 125 Å². The number of hydrogen-bond acceptors (Lipinski definition) is 1. The Morgan fingerprint density at radius 3 is 2.67 bits per heavy atom. The summed E-state index contributed by atoms with van der Waals surface area (Å²) in [4.78, 5) is 3.14. The second-order valence-electron chi connectivity index (χ2n) is 5.68. The Balaban J connectivity index is 2.47. The summed E-state index contributed by atoms with van der Waals surface area (Å²) in [6.07, 6.45) is 1.00. The number of halogens is 2. The van der Waals surface area contributed by atoms with Gasteiger partial charge in [0.05, 0.1) is 14.6 Å². The van der Waals surface area contributed by atoms with Gasteiger partial charge in [-0.2, -0.15) is 0 Å². The zero-order chi connectivity index (χ0) is 13.5. The minimum Gasteiger partial charge on any atom is -0.331 e. The van der Waals surface area contributed by atoms with Crippen molar-refractivity contribution in [2.45, 2.75) is 33.7 Å². The van der Waals surface area contributed by atoms with Crippen LogP contribution >= 0.6 is 34.8 Å². The molecule has 98 valence electrons. The number of fused-ring (bicyclic) bond motifs is 1. The molecule has 0 fully saturated rings. The van der Waals surface area contributed by atoms with Crippen LogP contribution in [0.2, 0.25) is 0 Å². The van der Waals surface area contributed by atoms with E-state index in [0.29, 0.717) is 8.34 Å². The van der Waals surface area contributed by atoms with E-state index in [2.05, 4.69) is 25.8 Å². The zero-order valence-electron chi connectivity index (χ0n) is 10.7. The SMILES string of the molecule is CC(C)(C)CCn1c(=S)[nH]c2cc(I)c(F)cc21. The van der Waals surface area contributed by atoms with E-state index in [-0.39, 0.29) is 11.2 Å². The van der Waals surface area contributed by atoms with Crippen LogP contribution in [0.15, 0.2) is 12.1 Å². The van der Waals surface area contributed by atoms with Gasteiger partial charge in [0.1, 0.15) is 5.82 Å². The maximum atomic E-state index is 13.6. The van der Waals surface area contributed by atoms with Crippen LogP contribution in [-0.2, 0) is 6.54 Å². The van der Waals surface area contributed by atoms with Gasteiger partial charge in [-0.1, -0.05) is 20.8 Å². The minimum absolute atomic E-state index is 0.193. The van der Waals surface area contributed by atoms with Crippen molar-refractivity contribution in [3.8, 4) is 0 Å². The van der Waals surface area contributed by atoms with Gasteiger partial charge in [-0.3, -0.25) is 0 Å². The topological polar surface area (TPSA) is 20.7 Å². The van der Waals surface area contributed by atoms with Gasteiger partial charge in [0.25, 0.3) is 0 Å². The van der Waals surface area contributed by atoms with Gasteiger partial charge >= 0.3 is 0 Å². The molecular weight excluding hydrogens is 362 g/mol. The van der Waals surface area contributed by atoms with Gasteiger partial charge in [-0.15, -0.1) is 0 Å². The predicted molar refractivity (Wildman–Crippen MR) is 83.9 cm³/mol. The first-order chi connectivity index (χ1) is 8.28. The van der Waals surface area contributed by atoms with Gasteiger partial charge in [0.2, 0.25) is 0 Å². The number of rotatable bonds is 2. The molecule has 0 amide bonds. The molecule has 1 heterocycles. The van der Waals surface area contributed by atoms with Crippen molar-refractivity contribution >= 4 is 45.8 Å². The van der Waals surface area contributed by atoms with Crippen molar-refractivity contribution in [2.24, 2.45) is 5.41 Å². The fourth-order valence-corrected chi connectivity index (χ4v) is 2.59. The maximum absolute atomic E-state index is 13.6. The van der Waals surface area contributed by atoms with Gasteiger partial charge in [0, 0.05) is 12.6 Å². The number of benzene rings is 1. The molecule has 0 atom stereocenters. The van der Waals surface area contributed by atoms with Crippen LogP contribution in [0.1, 0.15) is 27.2 Å². The van der Waals surface area contributed by atoms with Crippen molar-refractivity contribution < 1.29 is 4.39 Å². The predicted octanol–water partition coefficient (Wildman–Crippen LogP) is 4.88. The third-order valence-corrected chi connectivity index (χ3v) is 4.05. The highest BCUT2D eigenvalue weighted by Crippen LogP contribution is 2.24. The van der Waals surface area contributed by atoms with E-state index in [4.69, 9.17) is 12.2 Å². The van der Waals surface area contributed by atoms with Crippen LogP contribution in [-0.4, -0.2) is 9.55 Å². The summed E-state index contributed by atoms with van der Waals surface area (Å²) in [6.45, 7) is 7.38. The third-order valence-electron chi connectivity index (χ3n) is 2.90. The van der Waals surface area contributed by atoms with E-state index in [1.54, 1.807) is 12.1 Å². The number of nitrogens with zero attached hydrogens (tertiary/aromatic N) is 1. The molecular formula is C13H16FIN2S. The molecule has 0 radical (unpaired) electrons. The van der Waals surface area contributed by atoms with Crippen molar-refractivity contribution in [1.82, 2.24) is 9.55 Å². The molecule has 2 rings (SSSR count). The highest BCUT2D eigenvalue weighted by molar-refractivity contribution is 14.1. The van der Waals surface area contributed by atoms with Crippen LogP contribution in [0.25, 0.3) is 11.0 Å². The molecule has 1 aromatic carbocycles. The Kier molecular flexibility index (Phi) is 3.82. The third kappa shape index (κ3) is 2.93. The monoisotopic (exact) mass is 378 g/mol. The average Bonchev–Trinajstić information content (AvgIpc) is 2.51. The fourth-order valence-electron chi connectivity index (χ4n) is 1.82. The van der Waals surface area contributed by atoms with Gasteiger partial charge in [-0.05, 0) is 52.7 Å². The standard InChI is InChI=1S/C13H16FIN2S/c1-13(2,3)4-5-17-11-6-8(14)9(15)7-10(11)16-12(17)18/h6-7H,4-5H2,1-3H3,(H,16,18). The van der Waals surface area contributed by atoms with E-state index in [1.165, 1.54) is 0 Å². The molecule has 1 aromatic heterocycles. The first-order valence-corrected chi connectivity index (χ1v) is 7.34. The molecule has 2 aromatic rings. The number of imidazole rings is 1. The Bertz CT molecular complexity index is 637. The highest BCUT2D eigenvalue weighted by atomic mass is 127. The molecule has 0 aliphatic rings. The summed E-state index contributed by atoms with van der Waals surface area (Å²) in [5.41, 5.74) is 1.99. The summed E-state index contributed by atoms with van der Waals surface area (Å²) in [6, 6.07) is 3.36. The van der Waals surface area contributed by atoms with Crippen molar-refractivity contribution in [2.75, 3.05) is 0 Å². The number of H-pyrrole nitrogens is 1. The Morgan fingerprint density at radius 1 is 1.39 bits per heavy atom. The highest BCUT2D eigenvalue weighted by Gasteiger charge is 2.13. The van der Waals surface area contributed by atoms with Crippen LogP contribution in [0.3, 0.4) is 0 Å². The van der Waals surface area contributed by atoms with Gasteiger partial charge < -0.3 is 9.55 Å². The lowest BCUT2D eigenvalue weighted by Crippen LogP contribution is -2.10. The van der Waals surface area contributed by atoms with Crippen molar-refractivity contribution in [3.05, 3.63) is 26.3 Å². The molecule has 5 heteroatoms. The summed E-state index contributed by atoms with van der Waals surface area (Å²) < 4.78 is 16.9. The zero-order valence-corrected chi connectivity index (χ0v) is 13.7. The summed E-state index contributed by atoms with van der Waals surface area (Å²) in [5.74, 6) is -0.193. The van der Waals surface area contributed by atoms with Crippen LogP contribution < -0.4 is 0 Å². The number of aromatic amines is 1. The summed E-state index contributed by atoms with van der Waals surface area (Å²) >= 11 is 7.30. The smallest absolute Gasteiger partial charge is 0.178 e. The van der Waals surface area contributed by atoms with Crippen LogP contribution in [0, 0.1) is 19.6 Å². The molecule has 2 nitrogen and oxygen atoms in total. The molecule has 18 heavy (non-hydrogen) atoms. The van der Waals surface area contributed by atoms with E-state index in [1.807, 2.05) is 27.2 Å². The second-order valence-corrected chi connectivity index (χ2v) is 7.22. The average molecular weight is 378 g/mol. The Morgan fingerprint density at radius 2 is 2.06 bits per heavy atom. The first kappa shape index (κ1) is 14.0. The molecule has 0 aliphatic heterocycles. The van der Waals surface area contributed by atoms with Crippen molar-refractivity contribution in [3.63, 3.8) is 0 Å². The lowest BCUT2D eigenvalue weighted by Gasteiger charge is -2.18.